The maximum absolute atomic E-state index is 12.9. The zero-order valence-corrected chi connectivity index (χ0v) is 13.0. The standard InChI is InChI=1S/C14H16FNO2S2/c1-9-7-13(18-10(2)17)16(14(19)20-9)8-11-3-5-12(15)6-4-11/h3-6,9,13H,7-8H2,1-2H3. The van der Waals surface area contributed by atoms with Crippen molar-refractivity contribution in [3.8, 4) is 0 Å². The van der Waals surface area contributed by atoms with Crippen LogP contribution in [-0.2, 0) is 16.1 Å². The molecule has 1 aromatic rings. The van der Waals surface area contributed by atoms with E-state index in [1.165, 1.54) is 19.1 Å². The van der Waals surface area contributed by atoms with Crippen LogP contribution in [0.2, 0.25) is 0 Å². The van der Waals surface area contributed by atoms with Gasteiger partial charge in [0, 0.05) is 25.1 Å². The number of thioether (sulfide) groups is 1. The second-order valence-corrected chi connectivity index (χ2v) is 6.82. The molecule has 0 aliphatic carbocycles. The third-order valence-corrected chi connectivity index (χ3v) is 4.54. The van der Waals surface area contributed by atoms with Gasteiger partial charge in [0.15, 0.2) is 6.23 Å². The van der Waals surface area contributed by atoms with Gasteiger partial charge in [-0.05, 0) is 17.7 Å². The van der Waals surface area contributed by atoms with Crippen LogP contribution in [0.25, 0.3) is 0 Å². The van der Waals surface area contributed by atoms with Crippen molar-refractivity contribution < 1.29 is 13.9 Å². The van der Waals surface area contributed by atoms with E-state index in [9.17, 15) is 9.18 Å². The summed E-state index contributed by atoms with van der Waals surface area (Å²) in [7, 11) is 0. The Labute approximate surface area is 127 Å². The molecular weight excluding hydrogens is 297 g/mol. The first-order valence-electron chi connectivity index (χ1n) is 6.34. The van der Waals surface area contributed by atoms with Crippen LogP contribution in [-0.4, -0.2) is 26.7 Å². The van der Waals surface area contributed by atoms with Crippen LogP contribution < -0.4 is 0 Å². The minimum absolute atomic E-state index is 0.269. The molecule has 1 fully saturated rings. The molecule has 0 bridgehead atoms. The highest BCUT2D eigenvalue weighted by atomic mass is 32.2. The second-order valence-electron chi connectivity index (χ2n) is 4.75. The van der Waals surface area contributed by atoms with Gasteiger partial charge in [0.1, 0.15) is 10.1 Å². The molecule has 2 atom stereocenters. The summed E-state index contributed by atoms with van der Waals surface area (Å²) >= 11 is 6.98. The smallest absolute Gasteiger partial charge is 0.304 e. The zero-order valence-electron chi connectivity index (χ0n) is 11.3. The highest BCUT2D eigenvalue weighted by Crippen LogP contribution is 2.31. The van der Waals surface area contributed by atoms with Crippen molar-refractivity contribution in [1.29, 1.82) is 0 Å². The van der Waals surface area contributed by atoms with Crippen LogP contribution in [0.3, 0.4) is 0 Å². The lowest BCUT2D eigenvalue weighted by molar-refractivity contribution is -0.153. The van der Waals surface area contributed by atoms with Crippen molar-refractivity contribution in [2.24, 2.45) is 0 Å². The Bertz CT molecular complexity index is 506. The number of hydrogen-bond acceptors (Lipinski definition) is 4. The maximum atomic E-state index is 12.9. The molecule has 2 rings (SSSR count). The number of carbonyl (C=O) groups excluding carboxylic acids is 1. The lowest BCUT2D eigenvalue weighted by Crippen LogP contribution is -2.45. The van der Waals surface area contributed by atoms with E-state index in [-0.39, 0.29) is 18.0 Å². The Morgan fingerprint density at radius 2 is 2.15 bits per heavy atom. The summed E-state index contributed by atoms with van der Waals surface area (Å²) < 4.78 is 19.0. The van der Waals surface area contributed by atoms with Crippen LogP contribution in [0.4, 0.5) is 4.39 Å². The Morgan fingerprint density at radius 3 is 2.75 bits per heavy atom. The van der Waals surface area contributed by atoms with E-state index < -0.39 is 0 Å². The summed E-state index contributed by atoms with van der Waals surface area (Å²) in [5.41, 5.74) is 0.932. The molecule has 0 amide bonds. The molecule has 108 valence electrons. The number of halogens is 1. The van der Waals surface area contributed by atoms with Gasteiger partial charge < -0.3 is 9.64 Å². The first kappa shape index (κ1) is 15.3. The van der Waals surface area contributed by atoms with Crippen molar-refractivity contribution in [2.45, 2.75) is 38.3 Å². The lowest BCUT2D eigenvalue weighted by Gasteiger charge is -2.38. The SMILES string of the molecule is CC(=O)OC1CC(C)SC(=S)N1Cc1ccc(F)cc1. The zero-order chi connectivity index (χ0) is 14.7. The number of hydrogen-bond donors (Lipinski definition) is 0. The van der Waals surface area contributed by atoms with E-state index in [1.54, 1.807) is 23.9 Å². The molecule has 0 saturated carbocycles. The fourth-order valence-electron chi connectivity index (χ4n) is 2.07. The molecule has 3 nitrogen and oxygen atoms in total. The molecule has 0 aromatic heterocycles. The average molecular weight is 313 g/mol. The number of thiocarbonyl (C=S) groups is 1. The van der Waals surface area contributed by atoms with Gasteiger partial charge in [-0.3, -0.25) is 4.79 Å². The quantitative estimate of drug-likeness (QED) is 0.631. The fraction of sp³-hybridized carbons (Fsp3) is 0.429. The van der Waals surface area contributed by atoms with E-state index in [2.05, 4.69) is 6.92 Å². The number of carbonyl (C=O) groups is 1. The summed E-state index contributed by atoms with van der Waals surface area (Å²) in [5, 5.41) is 0.316. The van der Waals surface area contributed by atoms with Gasteiger partial charge in [0.05, 0.1) is 0 Å². The van der Waals surface area contributed by atoms with Crippen LogP contribution in [0.15, 0.2) is 24.3 Å². The van der Waals surface area contributed by atoms with Gasteiger partial charge in [-0.15, -0.1) is 0 Å². The third-order valence-electron chi connectivity index (χ3n) is 2.99. The van der Waals surface area contributed by atoms with E-state index in [4.69, 9.17) is 17.0 Å². The lowest BCUT2D eigenvalue weighted by atomic mass is 10.2. The highest BCUT2D eigenvalue weighted by molar-refractivity contribution is 8.23. The summed E-state index contributed by atoms with van der Waals surface area (Å²) in [5.74, 6) is -0.587. The molecule has 0 N–H and O–H groups in total. The van der Waals surface area contributed by atoms with E-state index in [0.717, 1.165) is 12.0 Å². The summed E-state index contributed by atoms with van der Waals surface area (Å²) in [6.07, 6.45) is 0.382. The molecule has 1 aliphatic rings. The number of esters is 1. The molecule has 0 radical (unpaired) electrons. The van der Waals surface area contributed by atoms with Gasteiger partial charge in [-0.2, -0.15) is 0 Å². The van der Waals surface area contributed by atoms with Gasteiger partial charge in [-0.25, -0.2) is 4.39 Å². The second kappa shape index (κ2) is 6.54. The van der Waals surface area contributed by atoms with Crippen LogP contribution in [0.1, 0.15) is 25.8 Å². The molecule has 1 aliphatic heterocycles. The van der Waals surface area contributed by atoms with Crippen molar-refractivity contribution in [3.63, 3.8) is 0 Å². The largest absolute Gasteiger partial charge is 0.442 e. The van der Waals surface area contributed by atoms with Gasteiger partial charge in [0.2, 0.25) is 0 Å². The van der Waals surface area contributed by atoms with Gasteiger partial charge in [-0.1, -0.05) is 43.0 Å². The molecule has 0 spiro atoms. The van der Waals surface area contributed by atoms with Crippen molar-refractivity contribution in [3.05, 3.63) is 35.6 Å². The molecule has 1 aromatic carbocycles. The summed E-state index contributed by atoms with van der Waals surface area (Å²) in [4.78, 5) is 13.1. The van der Waals surface area contributed by atoms with E-state index in [1.807, 2.05) is 4.90 Å². The number of rotatable bonds is 3. The Balaban J connectivity index is 2.14. The molecule has 2 unspecified atom stereocenters. The molecule has 1 heterocycles. The number of ether oxygens (including phenoxy) is 1. The van der Waals surface area contributed by atoms with Gasteiger partial charge in [0.25, 0.3) is 0 Å². The summed E-state index contributed by atoms with van der Waals surface area (Å²) in [6.45, 7) is 3.96. The fourth-order valence-corrected chi connectivity index (χ4v) is 3.67. The van der Waals surface area contributed by atoms with Crippen LogP contribution >= 0.6 is 24.0 Å². The minimum atomic E-state index is -0.346. The predicted octanol–water partition coefficient (Wildman–Crippen LogP) is 3.33. The topological polar surface area (TPSA) is 29.5 Å². The maximum Gasteiger partial charge on any atom is 0.304 e. The number of benzene rings is 1. The Kier molecular flexibility index (Phi) is 4.99. The Hall–Kier alpha value is -1.14. The van der Waals surface area contributed by atoms with E-state index >= 15 is 0 Å². The van der Waals surface area contributed by atoms with Crippen LogP contribution in [0.5, 0.6) is 0 Å². The third kappa shape index (κ3) is 3.93. The van der Waals surface area contributed by atoms with E-state index in [0.29, 0.717) is 16.1 Å². The van der Waals surface area contributed by atoms with Crippen molar-refractivity contribution in [1.82, 2.24) is 4.90 Å². The monoisotopic (exact) mass is 313 g/mol. The summed E-state index contributed by atoms with van der Waals surface area (Å²) in [6, 6.07) is 6.26. The van der Waals surface area contributed by atoms with Gasteiger partial charge >= 0.3 is 5.97 Å². The molecule has 6 heteroatoms. The van der Waals surface area contributed by atoms with Crippen molar-refractivity contribution >= 4 is 34.3 Å². The molecule has 20 heavy (non-hydrogen) atoms. The first-order chi connectivity index (χ1) is 9.45. The van der Waals surface area contributed by atoms with Crippen LogP contribution in [0, 0.1) is 5.82 Å². The minimum Gasteiger partial charge on any atom is -0.442 e. The highest BCUT2D eigenvalue weighted by Gasteiger charge is 2.32. The normalized spacial score (nSPS) is 22.8. The van der Waals surface area contributed by atoms with Crippen molar-refractivity contribution in [2.75, 3.05) is 0 Å². The molecule has 1 saturated heterocycles. The molecular formula is C14H16FNO2S2. The Morgan fingerprint density at radius 1 is 1.50 bits per heavy atom. The average Bonchev–Trinajstić information content (AvgIpc) is 2.35. The predicted molar refractivity (Wildman–Crippen MR) is 81.8 cm³/mol. The first-order valence-corrected chi connectivity index (χ1v) is 7.63. The number of nitrogens with zero attached hydrogens (tertiary/aromatic N) is 1.